The Kier molecular flexibility index (Phi) is 6.18. The highest BCUT2D eigenvalue weighted by Crippen LogP contribution is 2.32. The van der Waals surface area contributed by atoms with E-state index in [9.17, 15) is 14.4 Å². The van der Waals surface area contributed by atoms with E-state index in [2.05, 4.69) is 10.5 Å². The zero-order valence-corrected chi connectivity index (χ0v) is 20.6. The van der Waals surface area contributed by atoms with Crippen molar-refractivity contribution in [3.8, 4) is 5.69 Å². The van der Waals surface area contributed by atoms with E-state index in [0.29, 0.717) is 30.6 Å². The highest BCUT2D eigenvalue weighted by atomic mass is 16.2. The first kappa shape index (κ1) is 23.5. The Morgan fingerprint density at radius 1 is 1.00 bits per heavy atom. The van der Waals surface area contributed by atoms with Crippen LogP contribution in [-0.4, -0.2) is 39.4 Å². The van der Waals surface area contributed by atoms with Gasteiger partial charge in [-0.25, -0.2) is 9.69 Å². The first-order chi connectivity index (χ1) is 17.3. The number of hydrogen-bond acceptors (Lipinski definition) is 4. The maximum absolute atomic E-state index is 13.4. The third-order valence-corrected chi connectivity index (χ3v) is 7.06. The molecule has 0 saturated carbocycles. The lowest BCUT2D eigenvalue weighted by molar-refractivity contribution is -0.139. The monoisotopic (exact) mass is 483 g/mol. The Morgan fingerprint density at radius 2 is 1.69 bits per heavy atom. The normalized spacial score (nSPS) is 19.1. The van der Waals surface area contributed by atoms with E-state index in [-0.39, 0.29) is 29.6 Å². The van der Waals surface area contributed by atoms with Gasteiger partial charge in [-0.2, -0.15) is 5.10 Å². The number of fused-ring (bicyclic) bond motifs is 1. The molecular formula is C28H29N5O3. The Bertz CT molecular complexity index is 1360. The standard InChI is InChI=1S/C28H29N5O3/c1-18-25(19(2)32(29-18)21-11-5-4-6-12-21)17-31(3)27(35)20-10-9-13-22(16-20)33-28(36)24-15-8-7-14-23(24)26(34)30-33/h4-13,16,23-24H,14-15,17H2,1-3H3,(H,30,34)/t23-,24-/m0/s1. The number of carbonyl (C=O) groups excluding carboxylic acids is 3. The van der Waals surface area contributed by atoms with Crippen LogP contribution in [0.15, 0.2) is 66.7 Å². The molecule has 5 rings (SSSR count). The molecule has 0 radical (unpaired) electrons. The minimum atomic E-state index is -0.377. The number of carbonyl (C=O) groups is 3. The molecule has 1 fully saturated rings. The number of nitrogens with one attached hydrogen (secondary N) is 1. The van der Waals surface area contributed by atoms with Gasteiger partial charge in [0.1, 0.15) is 0 Å². The largest absolute Gasteiger partial charge is 0.337 e. The van der Waals surface area contributed by atoms with Crippen molar-refractivity contribution in [2.45, 2.75) is 33.2 Å². The molecule has 1 saturated heterocycles. The Labute approximate surface area is 210 Å². The molecular weight excluding hydrogens is 454 g/mol. The number of benzene rings is 2. The molecule has 184 valence electrons. The molecule has 0 bridgehead atoms. The van der Waals surface area contributed by atoms with Crippen molar-refractivity contribution in [2.24, 2.45) is 11.8 Å². The van der Waals surface area contributed by atoms with Crippen LogP contribution < -0.4 is 10.4 Å². The first-order valence-corrected chi connectivity index (χ1v) is 12.1. The predicted molar refractivity (Wildman–Crippen MR) is 136 cm³/mol. The number of hydrogen-bond donors (Lipinski definition) is 1. The van der Waals surface area contributed by atoms with Gasteiger partial charge in [0.15, 0.2) is 0 Å². The molecule has 3 aromatic rings. The second-order valence-electron chi connectivity index (χ2n) is 9.41. The number of para-hydroxylation sites is 1. The average molecular weight is 484 g/mol. The predicted octanol–water partition coefficient (Wildman–Crippen LogP) is 3.72. The molecule has 2 aromatic carbocycles. The number of aromatic nitrogens is 2. The van der Waals surface area contributed by atoms with Gasteiger partial charge in [-0.1, -0.05) is 36.4 Å². The summed E-state index contributed by atoms with van der Waals surface area (Å²) < 4.78 is 1.89. The summed E-state index contributed by atoms with van der Waals surface area (Å²) in [5.41, 5.74) is 7.43. The van der Waals surface area contributed by atoms with Crippen LogP contribution in [0.2, 0.25) is 0 Å². The summed E-state index contributed by atoms with van der Waals surface area (Å²) in [5.74, 6) is -1.21. The van der Waals surface area contributed by atoms with Crippen LogP contribution in [-0.2, 0) is 16.1 Å². The maximum Gasteiger partial charge on any atom is 0.253 e. The molecule has 2 heterocycles. The van der Waals surface area contributed by atoms with E-state index in [1.165, 1.54) is 5.01 Å². The van der Waals surface area contributed by atoms with Gasteiger partial charge in [0, 0.05) is 30.4 Å². The number of anilines is 1. The topological polar surface area (TPSA) is 87.5 Å². The van der Waals surface area contributed by atoms with Crippen molar-refractivity contribution in [3.05, 3.63) is 89.3 Å². The minimum absolute atomic E-state index is 0.151. The molecule has 3 amide bonds. The maximum atomic E-state index is 13.4. The highest BCUT2D eigenvalue weighted by molar-refractivity contribution is 6.05. The molecule has 1 N–H and O–H groups in total. The van der Waals surface area contributed by atoms with Crippen molar-refractivity contribution < 1.29 is 14.4 Å². The van der Waals surface area contributed by atoms with Gasteiger partial charge >= 0.3 is 0 Å². The van der Waals surface area contributed by atoms with Gasteiger partial charge in [0.25, 0.3) is 5.91 Å². The fourth-order valence-electron chi connectivity index (χ4n) is 5.01. The number of aryl methyl sites for hydroxylation is 1. The first-order valence-electron chi connectivity index (χ1n) is 12.1. The fraction of sp³-hybridized carbons (Fsp3) is 0.286. The zero-order chi connectivity index (χ0) is 25.4. The molecule has 0 unspecified atom stereocenters. The minimum Gasteiger partial charge on any atom is -0.337 e. The van der Waals surface area contributed by atoms with Gasteiger partial charge in [-0.3, -0.25) is 19.8 Å². The van der Waals surface area contributed by atoms with Crippen LogP contribution in [0.4, 0.5) is 5.69 Å². The summed E-state index contributed by atoms with van der Waals surface area (Å²) in [4.78, 5) is 40.8. The summed E-state index contributed by atoms with van der Waals surface area (Å²) in [7, 11) is 1.75. The molecule has 36 heavy (non-hydrogen) atoms. The summed E-state index contributed by atoms with van der Waals surface area (Å²) >= 11 is 0. The molecule has 8 heteroatoms. The Morgan fingerprint density at radius 3 is 2.44 bits per heavy atom. The number of nitrogens with zero attached hydrogens (tertiary/aromatic N) is 4. The van der Waals surface area contributed by atoms with Crippen LogP contribution in [0.3, 0.4) is 0 Å². The Hall–Kier alpha value is -4.20. The van der Waals surface area contributed by atoms with Crippen LogP contribution >= 0.6 is 0 Å². The fourth-order valence-corrected chi connectivity index (χ4v) is 5.01. The SMILES string of the molecule is Cc1nn(-c2ccccc2)c(C)c1CN(C)C(=O)c1cccc(N2NC(=O)[C@H]3CC=CC[C@@H]3C2=O)c1. The summed E-state index contributed by atoms with van der Waals surface area (Å²) in [6.45, 7) is 4.34. The second kappa shape index (κ2) is 9.45. The third-order valence-electron chi connectivity index (χ3n) is 7.06. The van der Waals surface area contributed by atoms with E-state index >= 15 is 0 Å². The molecule has 8 nitrogen and oxygen atoms in total. The van der Waals surface area contributed by atoms with Crippen molar-refractivity contribution in [1.82, 2.24) is 20.1 Å². The van der Waals surface area contributed by atoms with Crippen LogP contribution in [0, 0.1) is 25.7 Å². The molecule has 1 aromatic heterocycles. The van der Waals surface area contributed by atoms with Crippen molar-refractivity contribution in [2.75, 3.05) is 12.1 Å². The van der Waals surface area contributed by atoms with Crippen molar-refractivity contribution in [1.29, 1.82) is 0 Å². The highest BCUT2D eigenvalue weighted by Gasteiger charge is 2.42. The van der Waals surface area contributed by atoms with E-state index in [4.69, 9.17) is 0 Å². The summed E-state index contributed by atoms with van der Waals surface area (Å²) in [6.07, 6.45) is 5.02. The van der Waals surface area contributed by atoms with Crippen molar-refractivity contribution >= 4 is 23.4 Å². The second-order valence-corrected chi connectivity index (χ2v) is 9.41. The summed E-state index contributed by atoms with van der Waals surface area (Å²) in [5, 5.41) is 5.97. The smallest absolute Gasteiger partial charge is 0.253 e. The van der Waals surface area contributed by atoms with E-state index in [0.717, 1.165) is 22.6 Å². The van der Waals surface area contributed by atoms with Gasteiger partial charge in [-0.05, 0) is 57.0 Å². The lowest BCUT2D eigenvalue weighted by atomic mass is 9.80. The van der Waals surface area contributed by atoms with Gasteiger partial charge < -0.3 is 4.90 Å². The molecule has 2 aliphatic rings. The van der Waals surface area contributed by atoms with Crippen molar-refractivity contribution in [3.63, 3.8) is 0 Å². The lowest BCUT2D eigenvalue weighted by Crippen LogP contribution is -2.59. The van der Waals surface area contributed by atoms with Crippen LogP contribution in [0.5, 0.6) is 0 Å². The summed E-state index contributed by atoms with van der Waals surface area (Å²) in [6, 6.07) is 16.7. The molecule has 1 aliphatic heterocycles. The molecule has 2 atom stereocenters. The molecule has 0 spiro atoms. The van der Waals surface area contributed by atoms with Gasteiger partial charge in [-0.15, -0.1) is 0 Å². The van der Waals surface area contributed by atoms with Gasteiger partial charge in [0.05, 0.1) is 28.9 Å². The van der Waals surface area contributed by atoms with Crippen LogP contribution in [0.1, 0.15) is 40.2 Å². The van der Waals surface area contributed by atoms with Gasteiger partial charge in [0.2, 0.25) is 11.8 Å². The number of rotatable bonds is 5. The average Bonchev–Trinajstić information content (AvgIpc) is 3.19. The van der Waals surface area contributed by atoms with E-state index in [1.807, 2.05) is 61.0 Å². The lowest BCUT2D eigenvalue weighted by Gasteiger charge is -2.38. The number of amides is 3. The zero-order valence-electron chi connectivity index (χ0n) is 20.6. The Balaban J connectivity index is 1.35. The van der Waals surface area contributed by atoms with E-state index < -0.39 is 0 Å². The van der Waals surface area contributed by atoms with E-state index in [1.54, 1.807) is 36.2 Å². The quantitative estimate of drug-likeness (QED) is 0.561. The van der Waals surface area contributed by atoms with Crippen LogP contribution in [0.25, 0.3) is 5.69 Å². The number of hydrazine groups is 1. The number of allylic oxidation sites excluding steroid dienone is 2. The third kappa shape index (κ3) is 4.19. The molecule has 1 aliphatic carbocycles.